The van der Waals surface area contributed by atoms with Gasteiger partial charge in [0.25, 0.3) is 0 Å². The Kier molecular flexibility index (Phi) is 5.39. The van der Waals surface area contributed by atoms with Crippen LogP contribution in [0.2, 0.25) is 0 Å². The molecule has 4 nitrogen and oxygen atoms in total. The molecule has 0 N–H and O–H groups in total. The lowest BCUT2D eigenvalue weighted by atomic mass is 9.93. The van der Waals surface area contributed by atoms with E-state index in [0.29, 0.717) is 13.2 Å². The van der Waals surface area contributed by atoms with E-state index in [1.807, 2.05) is 37.3 Å². The van der Waals surface area contributed by atoms with Gasteiger partial charge in [0.1, 0.15) is 0 Å². The molecule has 2 aromatic rings. The second-order valence-electron chi connectivity index (χ2n) is 5.86. The van der Waals surface area contributed by atoms with Crippen molar-refractivity contribution in [3.05, 3.63) is 71.6 Å². The highest BCUT2D eigenvalue weighted by atomic mass is 16.5. The van der Waals surface area contributed by atoms with Crippen LogP contribution in [0.5, 0.6) is 0 Å². The molecule has 0 radical (unpaired) electrons. The Bertz CT molecular complexity index is 711. The van der Waals surface area contributed by atoms with Crippen LogP contribution in [-0.4, -0.2) is 35.5 Å². The summed E-state index contributed by atoms with van der Waals surface area (Å²) in [5.41, 5.74) is 4.17. The molecule has 1 aliphatic rings. The van der Waals surface area contributed by atoms with E-state index < -0.39 is 0 Å². The van der Waals surface area contributed by atoms with Gasteiger partial charge in [-0.25, -0.2) is 4.79 Å². The topological polar surface area (TPSA) is 42.4 Å². The van der Waals surface area contributed by atoms with Gasteiger partial charge in [-0.1, -0.05) is 30.3 Å². The summed E-state index contributed by atoms with van der Waals surface area (Å²) in [5.74, 6) is -0.206. The van der Waals surface area contributed by atoms with Crippen molar-refractivity contribution in [1.29, 1.82) is 0 Å². The van der Waals surface area contributed by atoms with Crippen molar-refractivity contribution in [2.24, 2.45) is 0 Å². The molecule has 0 unspecified atom stereocenters. The summed E-state index contributed by atoms with van der Waals surface area (Å²) < 4.78 is 5.29. The summed E-state index contributed by atoms with van der Waals surface area (Å²) in [4.78, 5) is 18.8. The molecular weight excluding hydrogens is 300 g/mol. The van der Waals surface area contributed by atoms with E-state index >= 15 is 0 Å². The van der Waals surface area contributed by atoms with E-state index in [1.54, 1.807) is 12.4 Å². The number of rotatable bonds is 5. The van der Waals surface area contributed by atoms with Crippen molar-refractivity contribution in [1.82, 2.24) is 9.88 Å². The number of benzene rings is 1. The van der Waals surface area contributed by atoms with Crippen molar-refractivity contribution in [2.45, 2.75) is 19.9 Å². The number of pyridine rings is 1. The SMILES string of the molecule is CCOC(=O)C1=C(c2ccncc2)CCN(Cc2ccccc2)C1. The van der Waals surface area contributed by atoms with Gasteiger partial charge in [0.05, 0.1) is 12.2 Å². The number of hydrogen-bond donors (Lipinski definition) is 0. The summed E-state index contributed by atoms with van der Waals surface area (Å²) >= 11 is 0. The monoisotopic (exact) mass is 322 g/mol. The Labute approximate surface area is 142 Å². The number of aromatic nitrogens is 1. The zero-order valence-corrected chi connectivity index (χ0v) is 13.9. The fourth-order valence-corrected chi connectivity index (χ4v) is 3.07. The van der Waals surface area contributed by atoms with Crippen LogP contribution in [0.4, 0.5) is 0 Å². The third-order valence-corrected chi connectivity index (χ3v) is 4.22. The van der Waals surface area contributed by atoms with Crippen molar-refractivity contribution < 1.29 is 9.53 Å². The summed E-state index contributed by atoms with van der Waals surface area (Å²) in [6.45, 7) is 4.62. The molecule has 1 aliphatic heterocycles. The van der Waals surface area contributed by atoms with Crippen LogP contribution in [-0.2, 0) is 16.1 Å². The third-order valence-electron chi connectivity index (χ3n) is 4.22. The van der Waals surface area contributed by atoms with E-state index in [2.05, 4.69) is 22.0 Å². The van der Waals surface area contributed by atoms with E-state index in [4.69, 9.17) is 4.74 Å². The van der Waals surface area contributed by atoms with Gasteiger partial charge >= 0.3 is 5.97 Å². The molecule has 1 aromatic carbocycles. The first-order valence-electron chi connectivity index (χ1n) is 8.33. The van der Waals surface area contributed by atoms with Gasteiger partial charge in [0.15, 0.2) is 0 Å². The van der Waals surface area contributed by atoms with Crippen molar-refractivity contribution >= 4 is 11.5 Å². The fourth-order valence-electron chi connectivity index (χ4n) is 3.07. The number of carbonyl (C=O) groups excluding carboxylic acids is 1. The Balaban J connectivity index is 1.84. The summed E-state index contributed by atoms with van der Waals surface area (Å²) in [5, 5.41) is 0. The molecular formula is C20H22N2O2. The lowest BCUT2D eigenvalue weighted by molar-refractivity contribution is -0.138. The van der Waals surface area contributed by atoms with E-state index in [0.717, 1.165) is 36.2 Å². The Morgan fingerprint density at radius 1 is 1.17 bits per heavy atom. The van der Waals surface area contributed by atoms with Crippen LogP contribution in [0.1, 0.15) is 24.5 Å². The Morgan fingerprint density at radius 2 is 1.92 bits per heavy atom. The number of nitrogens with zero attached hydrogens (tertiary/aromatic N) is 2. The van der Waals surface area contributed by atoms with Gasteiger partial charge in [-0.15, -0.1) is 0 Å². The van der Waals surface area contributed by atoms with Crippen LogP contribution in [0, 0.1) is 0 Å². The van der Waals surface area contributed by atoms with Gasteiger partial charge in [-0.3, -0.25) is 9.88 Å². The molecule has 0 fully saturated rings. The third kappa shape index (κ3) is 3.89. The van der Waals surface area contributed by atoms with Crippen molar-refractivity contribution in [3.63, 3.8) is 0 Å². The molecule has 0 amide bonds. The molecule has 0 saturated carbocycles. The van der Waals surface area contributed by atoms with Crippen molar-refractivity contribution in [2.75, 3.05) is 19.7 Å². The predicted molar refractivity (Wildman–Crippen MR) is 94.1 cm³/mol. The van der Waals surface area contributed by atoms with E-state index in [9.17, 15) is 4.79 Å². The quantitative estimate of drug-likeness (QED) is 0.792. The van der Waals surface area contributed by atoms with Crippen LogP contribution >= 0.6 is 0 Å². The van der Waals surface area contributed by atoms with Gasteiger partial charge < -0.3 is 4.74 Å². The second kappa shape index (κ2) is 7.88. The number of hydrogen-bond acceptors (Lipinski definition) is 4. The molecule has 1 aromatic heterocycles. The molecule has 24 heavy (non-hydrogen) atoms. The molecule has 124 valence electrons. The highest BCUT2D eigenvalue weighted by Gasteiger charge is 2.25. The van der Waals surface area contributed by atoms with Crippen LogP contribution in [0.25, 0.3) is 5.57 Å². The van der Waals surface area contributed by atoms with Gasteiger partial charge in [0, 0.05) is 32.0 Å². The zero-order valence-electron chi connectivity index (χ0n) is 13.9. The molecule has 0 aliphatic carbocycles. The molecule has 0 saturated heterocycles. The summed E-state index contributed by atoms with van der Waals surface area (Å²) in [6.07, 6.45) is 4.37. The Hall–Kier alpha value is -2.46. The first kappa shape index (κ1) is 16.4. The average molecular weight is 322 g/mol. The molecule has 3 rings (SSSR count). The number of ether oxygens (including phenoxy) is 1. The van der Waals surface area contributed by atoms with Gasteiger partial charge in [-0.05, 0) is 42.2 Å². The van der Waals surface area contributed by atoms with Gasteiger partial charge in [-0.2, -0.15) is 0 Å². The maximum absolute atomic E-state index is 12.5. The summed E-state index contributed by atoms with van der Waals surface area (Å²) in [7, 11) is 0. The van der Waals surface area contributed by atoms with Crippen molar-refractivity contribution in [3.8, 4) is 0 Å². The highest BCUT2D eigenvalue weighted by molar-refractivity contribution is 5.98. The lowest BCUT2D eigenvalue weighted by Crippen LogP contribution is -2.34. The summed E-state index contributed by atoms with van der Waals surface area (Å²) in [6, 6.07) is 14.3. The Morgan fingerprint density at radius 3 is 2.62 bits per heavy atom. The minimum absolute atomic E-state index is 0.206. The highest BCUT2D eigenvalue weighted by Crippen LogP contribution is 2.28. The maximum Gasteiger partial charge on any atom is 0.335 e. The number of carbonyl (C=O) groups is 1. The molecule has 2 heterocycles. The standard InChI is InChI=1S/C20H22N2O2/c1-2-24-20(23)19-15-22(14-16-6-4-3-5-7-16)13-10-18(19)17-8-11-21-12-9-17/h3-9,11-12H,2,10,13-15H2,1H3. The second-order valence-corrected chi connectivity index (χ2v) is 5.86. The minimum Gasteiger partial charge on any atom is -0.463 e. The first-order chi connectivity index (χ1) is 11.8. The fraction of sp³-hybridized carbons (Fsp3) is 0.300. The van der Waals surface area contributed by atoms with Crippen LogP contribution in [0.15, 0.2) is 60.4 Å². The predicted octanol–water partition coefficient (Wildman–Crippen LogP) is 3.30. The van der Waals surface area contributed by atoms with Crippen LogP contribution < -0.4 is 0 Å². The molecule has 0 spiro atoms. The zero-order chi connectivity index (χ0) is 16.8. The molecule has 0 bridgehead atoms. The average Bonchev–Trinajstić information content (AvgIpc) is 2.63. The van der Waals surface area contributed by atoms with E-state index in [1.165, 1.54) is 5.56 Å². The maximum atomic E-state index is 12.5. The van der Waals surface area contributed by atoms with E-state index in [-0.39, 0.29) is 5.97 Å². The largest absolute Gasteiger partial charge is 0.463 e. The normalized spacial score (nSPS) is 15.4. The lowest BCUT2D eigenvalue weighted by Gasteiger charge is -2.30. The molecule has 0 atom stereocenters. The first-order valence-corrected chi connectivity index (χ1v) is 8.33. The minimum atomic E-state index is -0.206. The molecule has 4 heteroatoms. The van der Waals surface area contributed by atoms with Gasteiger partial charge in [0.2, 0.25) is 0 Å². The number of esters is 1. The smallest absolute Gasteiger partial charge is 0.335 e. The van der Waals surface area contributed by atoms with Crippen LogP contribution in [0.3, 0.4) is 0 Å².